The van der Waals surface area contributed by atoms with E-state index >= 15 is 0 Å². The van der Waals surface area contributed by atoms with Gasteiger partial charge in [0.25, 0.3) is 0 Å². The van der Waals surface area contributed by atoms with Crippen molar-refractivity contribution in [2.45, 2.75) is 51.9 Å². The number of carbonyl (C=O) groups excluding carboxylic acids is 3. The molecule has 19 heavy (non-hydrogen) atoms. The minimum Gasteiger partial charge on any atom is -0.277 e. The molecule has 0 atom stereocenters. The number of nitrogens with zero attached hydrogens (tertiary/aromatic N) is 1. The van der Waals surface area contributed by atoms with Crippen LogP contribution in [0.1, 0.15) is 51.9 Å². The number of carbonyl (C=O) groups is 3. The van der Waals surface area contributed by atoms with Gasteiger partial charge in [0, 0.05) is 6.54 Å². The van der Waals surface area contributed by atoms with Crippen molar-refractivity contribution in [3.63, 3.8) is 0 Å². The molecule has 0 bridgehead atoms. The molecule has 0 unspecified atom stereocenters. The first-order valence-corrected chi connectivity index (χ1v) is 7.14. The summed E-state index contributed by atoms with van der Waals surface area (Å²) >= 11 is 0. The van der Waals surface area contributed by atoms with Crippen LogP contribution in [-0.4, -0.2) is 29.3 Å². The summed E-state index contributed by atoms with van der Waals surface area (Å²) < 4.78 is 0. The van der Waals surface area contributed by atoms with Crippen LogP contribution in [-0.2, 0) is 9.59 Å². The molecule has 1 heterocycles. The molecule has 5 heteroatoms. The Bertz CT molecular complexity index is 448. The van der Waals surface area contributed by atoms with E-state index < -0.39 is 11.4 Å². The first kappa shape index (κ1) is 12.6. The summed E-state index contributed by atoms with van der Waals surface area (Å²) in [6.07, 6.45) is 6.46. The van der Waals surface area contributed by atoms with Crippen molar-refractivity contribution in [1.29, 1.82) is 0 Å². The molecule has 1 N–H and O–H groups in total. The van der Waals surface area contributed by atoms with Crippen LogP contribution in [0.2, 0.25) is 0 Å². The van der Waals surface area contributed by atoms with Crippen LogP contribution in [0.15, 0.2) is 0 Å². The number of hydrogen-bond donors (Lipinski definition) is 1. The van der Waals surface area contributed by atoms with E-state index in [1.54, 1.807) is 0 Å². The highest BCUT2D eigenvalue weighted by molar-refractivity contribution is 6.19. The smallest absolute Gasteiger partial charge is 0.277 e. The highest BCUT2D eigenvalue weighted by Crippen LogP contribution is 2.46. The molecule has 1 aliphatic heterocycles. The van der Waals surface area contributed by atoms with E-state index in [0.29, 0.717) is 19.4 Å². The van der Waals surface area contributed by atoms with Crippen LogP contribution in [0.3, 0.4) is 0 Å². The highest BCUT2D eigenvalue weighted by Gasteiger charge is 2.57. The van der Waals surface area contributed by atoms with E-state index in [9.17, 15) is 14.4 Å². The topological polar surface area (TPSA) is 66.5 Å². The standard InChI is InChI=1S/C14H20N2O3/c1-13(5-2-3-6-13)9-16-11(18)14(7-4-8-14)10(17)15-12(16)19/h2-9H2,1H3,(H,15,17,19). The zero-order chi connectivity index (χ0) is 13.7. The van der Waals surface area contributed by atoms with E-state index in [2.05, 4.69) is 12.2 Å². The number of urea groups is 1. The maximum atomic E-state index is 12.5. The molecule has 3 rings (SSSR count). The van der Waals surface area contributed by atoms with Crippen molar-refractivity contribution in [1.82, 2.24) is 10.2 Å². The predicted molar refractivity (Wildman–Crippen MR) is 68.1 cm³/mol. The van der Waals surface area contributed by atoms with E-state index in [1.807, 2.05) is 0 Å². The summed E-state index contributed by atoms with van der Waals surface area (Å²) in [7, 11) is 0. The molecule has 3 fully saturated rings. The fourth-order valence-electron chi connectivity index (χ4n) is 3.62. The zero-order valence-corrected chi connectivity index (χ0v) is 11.3. The summed E-state index contributed by atoms with van der Waals surface area (Å²) in [4.78, 5) is 37.7. The van der Waals surface area contributed by atoms with E-state index in [-0.39, 0.29) is 17.2 Å². The van der Waals surface area contributed by atoms with Crippen LogP contribution >= 0.6 is 0 Å². The first-order valence-electron chi connectivity index (χ1n) is 7.14. The lowest BCUT2D eigenvalue weighted by molar-refractivity contribution is -0.158. The lowest BCUT2D eigenvalue weighted by atomic mass is 9.66. The molecular weight excluding hydrogens is 244 g/mol. The third kappa shape index (κ3) is 1.78. The van der Waals surface area contributed by atoms with E-state index in [0.717, 1.165) is 32.1 Å². The van der Waals surface area contributed by atoms with Gasteiger partial charge in [0.05, 0.1) is 0 Å². The molecule has 5 nitrogen and oxygen atoms in total. The third-order valence-corrected chi connectivity index (χ3v) is 5.11. The molecule has 1 spiro atoms. The lowest BCUT2D eigenvalue weighted by Gasteiger charge is -2.46. The number of hydrogen-bond acceptors (Lipinski definition) is 3. The normalized spacial score (nSPS) is 28.5. The molecule has 1 saturated heterocycles. The largest absolute Gasteiger partial charge is 0.330 e. The molecule has 0 aromatic heterocycles. The van der Waals surface area contributed by atoms with E-state index in [4.69, 9.17) is 0 Å². The average molecular weight is 264 g/mol. The summed E-state index contributed by atoms with van der Waals surface area (Å²) in [6.45, 7) is 2.58. The second-order valence-electron chi connectivity index (χ2n) is 6.60. The Morgan fingerprint density at radius 3 is 2.21 bits per heavy atom. The minimum absolute atomic E-state index is 0.0261. The van der Waals surface area contributed by atoms with Crippen LogP contribution in [0.5, 0.6) is 0 Å². The average Bonchev–Trinajstić information content (AvgIpc) is 2.70. The van der Waals surface area contributed by atoms with Crippen LogP contribution in [0.4, 0.5) is 4.79 Å². The van der Waals surface area contributed by atoms with Gasteiger partial charge in [0.15, 0.2) is 0 Å². The minimum atomic E-state index is -0.928. The van der Waals surface area contributed by atoms with Crippen molar-refractivity contribution in [3.05, 3.63) is 0 Å². The van der Waals surface area contributed by atoms with Gasteiger partial charge in [-0.3, -0.25) is 19.8 Å². The molecule has 0 radical (unpaired) electrons. The fraction of sp³-hybridized carbons (Fsp3) is 0.786. The van der Waals surface area contributed by atoms with Gasteiger partial charge in [0.2, 0.25) is 11.8 Å². The molecule has 2 saturated carbocycles. The quantitative estimate of drug-likeness (QED) is 0.773. The third-order valence-electron chi connectivity index (χ3n) is 5.11. The Kier molecular flexibility index (Phi) is 2.69. The molecule has 2 aliphatic carbocycles. The maximum absolute atomic E-state index is 12.5. The summed E-state index contributed by atoms with van der Waals surface area (Å²) in [5, 5.41) is 2.37. The molecule has 3 aliphatic rings. The summed E-state index contributed by atoms with van der Waals surface area (Å²) in [5.74, 6) is -0.651. The maximum Gasteiger partial charge on any atom is 0.330 e. The zero-order valence-electron chi connectivity index (χ0n) is 11.3. The Balaban J connectivity index is 1.82. The summed E-state index contributed by atoms with van der Waals surface area (Å²) in [6, 6.07) is -0.527. The second kappa shape index (κ2) is 4.05. The molecule has 104 valence electrons. The van der Waals surface area contributed by atoms with Gasteiger partial charge in [-0.25, -0.2) is 4.79 Å². The van der Waals surface area contributed by atoms with Crippen molar-refractivity contribution < 1.29 is 14.4 Å². The van der Waals surface area contributed by atoms with Crippen molar-refractivity contribution in [3.8, 4) is 0 Å². The Labute approximate surface area is 112 Å². The molecule has 4 amide bonds. The van der Waals surface area contributed by atoms with Gasteiger partial charge in [-0.1, -0.05) is 26.2 Å². The Morgan fingerprint density at radius 1 is 1.05 bits per heavy atom. The predicted octanol–water partition coefficient (Wildman–Crippen LogP) is 1.82. The number of rotatable bonds is 2. The van der Waals surface area contributed by atoms with Crippen molar-refractivity contribution >= 4 is 17.8 Å². The van der Waals surface area contributed by atoms with Gasteiger partial charge in [-0.05, 0) is 31.1 Å². The van der Waals surface area contributed by atoms with Crippen LogP contribution in [0.25, 0.3) is 0 Å². The highest BCUT2D eigenvalue weighted by atomic mass is 16.2. The Morgan fingerprint density at radius 2 is 1.68 bits per heavy atom. The second-order valence-corrected chi connectivity index (χ2v) is 6.60. The van der Waals surface area contributed by atoms with Gasteiger partial charge < -0.3 is 0 Å². The van der Waals surface area contributed by atoms with Crippen LogP contribution < -0.4 is 5.32 Å². The number of amides is 4. The lowest BCUT2D eigenvalue weighted by Crippen LogP contribution is -2.67. The number of barbiturate groups is 1. The first-order chi connectivity index (χ1) is 8.97. The molecule has 0 aromatic rings. The summed E-state index contributed by atoms with van der Waals surface area (Å²) in [5.41, 5.74) is -0.902. The van der Waals surface area contributed by atoms with Crippen molar-refractivity contribution in [2.75, 3.05) is 6.54 Å². The Hall–Kier alpha value is -1.39. The van der Waals surface area contributed by atoms with Gasteiger partial charge in [0.1, 0.15) is 5.41 Å². The van der Waals surface area contributed by atoms with Gasteiger partial charge in [-0.15, -0.1) is 0 Å². The van der Waals surface area contributed by atoms with Crippen LogP contribution in [0, 0.1) is 10.8 Å². The van der Waals surface area contributed by atoms with Gasteiger partial charge in [-0.2, -0.15) is 0 Å². The monoisotopic (exact) mass is 264 g/mol. The number of nitrogens with one attached hydrogen (secondary N) is 1. The van der Waals surface area contributed by atoms with Crippen molar-refractivity contribution in [2.24, 2.45) is 10.8 Å². The SMILES string of the molecule is CC1(CN2C(=O)NC(=O)C3(CCC3)C2=O)CCCC1. The van der Waals surface area contributed by atoms with E-state index in [1.165, 1.54) is 4.90 Å². The molecule has 0 aromatic carbocycles. The fourth-order valence-corrected chi connectivity index (χ4v) is 3.62. The van der Waals surface area contributed by atoms with Gasteiger partial charge >= 0.3 is 6.03 Å². The number of imide groups is 2. The molecular formula is C14H20N2O3.